The van der Waals surface area contributed by atoms with E-state index < -0.39 is 0 Å². The van der Waals surface area contributed by atoms with Gasteiger partial charge in [-0.3, -0.25) is 0 Å². The second kappa shape index (κ2) is 10.8. The highest BCUT2D eigenvalue weighted by Gasteiger charge is 2.19. The van der Waals surface area contributed by atoms with E-state index in [1.165, 1.54) is 12.8 Å². The third-order valence-electron chi connectivity index (χ3n) is 4.70. The molecule has 0 atom stereocenters. The van der Waals surface area contributed by atoms with Gasteiger partial charge in [0.2, 0.25) is 5.89 Å². The highest BCUT2D eigenvalue weighted by atomic mass is 127. The molecule has 3 rings (SSSR count). The lowest BCUT2D eigenvalue weighted by Gasteiger charge is -2.16. The van der Waals surface area contributed by atoms with Crippen molar-refractivity contribution >= 4 is 35.8 Å². The zero-order valence-electron chi connectivity index (χ0n) is 17.9. The number of nitrogens with one attached hydrogen (secondary N) is 2. The first kappa shape index (κ1) is 23.4. The van der Waals surface area contributed by atoms with Crippen molar-refractivity contribution in [2.75, 3.05) is 24.5 Å². The zero-order chi connectivity index (χ0) is 20.0. The van der Waals surface area contributed by atoms with Gasteiger partial charge in [0.05, 0.1) is 19.3 Å². The van der Waals surface area contributed by atoms with Gasteiger partial charge in [0.25, 0.3) is 0 Å². The number of nitrogens with zero attached hydrogens (tertiary/aromatic N) is 4. The Labute approximate surface area is 190 Å². The SMILES string of the molecule is CCNC(=NCc1ccnc(N2CCCC2)c1)NCc1ncc(C(C)(C)C)o1.I. The lowest BCUT2D eigenvalue weighted by molar-refractivity contribution is 0.379. The van der Waals surface area contributed by atoms with Gasteiger partial charge in [0.15, 0.2) is 5.96 Å². The van der Waals surface area contributed by atoms with Crippen molar-refractivity contribution < 1.29 is 4.42 Å². The highest BCUT2D eigenvalue weighted by Crippen LogP contribution is 2.22. The van der Waals surface area contributed by atoms with Gasteiger partial charge in [0.1, 0.15) is 11.6 Å². The van der Waals surface area contributed by atoms with Gasteiger partial charge in [-0.1, -0.05) is 20.8 Å². The molecule has 160 valence electrons. The molecule has 1 fully saturated rings. The van der Waals surface area contributed by atoms with E-state index in [2.05, 4.69) is 59.3 Å². The number of aromatic nitrogens is 2. The third kappa shape index (κ3) is 6.87. The number of hydrogen-bond donors (Lipinski definition) is 2. The number of guanidine groups is 1. The topological polar surface area (TPSA) is 78.6 Å². The summed E-state index contributed by atoms with van der Waals surface area (Å²) in [4.78, 5) is 15.9. The predicted octanol–water partition coefficient (Wildman–Crippen LogP) is 3.84. The molecule has 2 aromatic heterocycles. The van der Waals surface area contributed by atoms with Crippen LogP contribution in [0.25, 0.3) is 0 Å². The van der Waals surface area contributed by atoms with E-state index >= 15 is 0 Å². The molecule has 7 nitrogen and oxygen atoms in total. The molecule has 0 saturated carbocycles. The summed E-state index contributed by atoms with van der Waals surface area (Å²) in [5, 5.41) is 6.57. The van der Waals surface area contributed by atoms with Crippen molar-refractivity contribution in [1.29, 1.82) is 0 Å². The number of hydrogen-bond acceptors (Lipinski definition) is 5. The summed E-state index contributed by atoms with van der Waals surface area (Å²) < 4.78 is 5.84. The van der Waals surface area contributed by atoms with E-state index in [0.717, 1.165) is 42.7 Å². The molecule has 29 heavy (non-hydrogen) atoms. The van der Waals surface area contributed by atoms with E-state index in [1.54, 1.807) is 6.20 Å². The first-order chi connectivity index (χ1) is 13.5. The molecule has 1 aliphatic heterocycles. The number of rotatable bonds is 6. The van der Waals surface area contributed by atoms with Gasteiger partial charge in [-0.05, 0) is 37.5 Å². The lowest BCUT2D eigenvalue weighted by Crippen LogP contribution is -2.36. The minimum atomic E-state index is -0.0434. The van der Waals surface area contributed by atoms with Gasteiger partial charge in [-0.2, -0.15) is 0 Å². The molecule has 0 unspecified atom stereocenters. The fourth-order valence-electron chi connectivity index (χ4n) is 3.09. The van der Waals surface area contributed by atoms with Crippen LogP contribution in [0.4, 0.5) is 5.82 Å². The molecule has 2 aromatic rings. The van der Waals surface area contributed by atoms with Crippen LogP contribution >= 0.6 is 24.0 Å². The fourth-order valence-corrected chi connectivity index (χ4v) is 3.09. The molecular formula is C21H33IN6O. The third-order valence-corrected chi connectivity index (χ3v) is 4.70. The molecule has 8 heteroatoms. The minimum Gasteiger partial charge on any atom is -0.443 e. The molecule has 0 spiro atoms. The van der Waals surface area contributed by atoms with Crippen LogP contribution in [0.5, 0.6) is 0 Å². The van der Waals surface area contributed by atoms with Gasteiger partial charge < -0.3 is 20.0 Å². The Kier molecular flexibility index (Phi) is 8.73. The van der Waals surface area contributed by atoms with E-state index in [-0.39, 0.29) is 29.4 Å². The standard InChI is InChI=1S/C21H32N6O.HI/c1-5-22-20(26-15-19-24-14-17(28-19)21(2,3)4)25-13-16-8-9-23-18(12-16)27-10-6-7-11-27;/h8-9,12,14H,5-7,10-11,13,15H2,1-4H3,(H2,22,25,26);1H. The average molecular weight is 512 g/mol. The smallest absolute Gasteiger partial charge is 0.213 e. The Hall–Kier alpha value is -1.84. The van der Waals surface area contributed by atoms with Crippen LogP contribution in [0, 0.1) is 0 Å². The first-order valence-corrected chi connectivity index (χ1v) is 10.1. The molecule has 0 aromatic carbocycles. The molecule has 3 heterocycles. The number of aliphatic imine (C=N–C) groups is 1. The summed E-state index contributed by atoms with van der Waals surface area (Å²) in [6, 6.07) is 4.17. The monoisotopic (exact) mass is 512 g/mol. The Morgan fingerprint density at radius 3 is 2.62 bits per heavy atom. The molecule has 0 radical (unpaired) electrons. The van der Waals surface area contributed by atoms with Crippen molar-refractivity contribution in [1.82, 2.24) is 20.6 Å². The summed E-state index contributed by atoms with van der Waals surface area (Å²) in [6.07, 6.45) is 6.17. The normalized spacial score (nSPS) is 14.6. The van der Waals surface area contributed by atoms with Crippen molar-refractivity contribution in [3.8, 4) is 0 Å². The van der Waals surface area contributed by atoms with Crippen LogP contribution in [0.3, 0.4) is 0 Å². The number of pyridine rings is 1. The van der Waals surface area contributed by atoms with Crippen LogP contribution in [0.2, 0.25) is 0 Å². The molecule has 1 aliphatic rings. The Balaban J connectivity index is 0.00000300. The van der Waals surface area contributed by atoms with E-state index in [0.29, 0.717) is 19.0 Å². The van der Waals surface area contributed by atoms with Crippen LogP contribution in [0.15, 0.2) is 33.9 Å². The van der Waals surface area contributed by atoms with E-state index in [1.807, 2.05) is 12.3 Å². The van der Waals surface area contributed by atoms with Gasteiger partial charge in [0, 0.05) is 31.2 Å². The maximum atomic E-state index is 5.84. The minimum absolute atomic E-state index is 0. The Bertz CT molecular complexity index is 792. The Morgan fingerprint density at radius 2 is 1.97 bits per heavy atom. The van der Waals surface area contributed by atoms with Gasteiger partial charge in [-0.15, -0.1) is 24.0 Å². The summed E-state index contributed by atoms with van der Waals surface area (Å²) in [5.74, 6) is 3.35. The second-order valence-corrected chi connectivity index (χ2v) is 8.13. The highest BCUT2D eigenvalue weighted by molar-refractivity contribution is 14.0. The zero-order valence-corrected chi connectivity index (χ0v) is 20.2. The van der Waals surface area contributed by atoms with E-state index in [9.17, 15) is 0 Å². The summed E-state index contributed by atoms with van der Waals surface area (Å²) in [5.41, 5.74) is 1.11. The largest absolute Gasteiger partial charge is 0.443 e. The van der Waals surface area contributed by atoms with Crippen molar-refractivity contribution in [2.45, 2.75) is 59.0 Å². The Morgan fingerprint density at radius 1 is 1.21 bits per heavy atom. The van der Waals surface area contributed by atoms with Gasteiger partial charge >= 0.3 is 0 Å². The van der Waals surface area contributed by atoms with Crippen molar-refractivity contribution in [3.05, 3.63) is 41.7 Å². The van der Waals surface area contributed by atoms with E-state index in [4.69, 9.17) is 9.41 Å². The number of oxazole rings is 1. The molecule has 0 bridgehead atoms. The van der Waals surface area contributed by atoms with Crippen LogP contribution in [0.1, 0.15) is 57.8 Å². The van der Waals surface area contributed by atoms with Crippen LogP contribution in [-0.4, -0.2) is 35.6 Å². The molecule has 0 aliphatic carbocycles. The number of anilines is 1. The molecular weight excluding hydrogens is 479 g/mol. The fraction of sp³-hybridized carbons (Fsp3) is 0.571. The first-order valence-electron chi connectivity index (χ1n) is 10.1. The predicted molar refractivity (Wildman–Crippen MR) is 128 cm³/mol. The summed E-state index contributed by atoms with van der Waals surface area (Å²) in [7, 11) is 0. The van der Waals surface area contributed by atoms with Crippen LogP contribution in [-0.2, 0) is 18.5 Å². The molecule has 0 amide bonds. The maximum absolute atomic E-state index is 5.84. The van der Waals surface area contributed by atoms with Crippen molar-refractivity contribution in [2.24, 2.45) is 4.99 Å². The number of halogens is 1. The van der Waals surface area contributed by atoms with Gasteiger partial charge in [-0.25, -0.2) is 15.0 Å². The lowest BCUT2D eigenvalue weighted by atomic mass is 9.94. The average Bonchev–Trinajstić information content (AvgIpc) is 3.36. The summed E-state index contributed by atoms with van der Waals surface area (Å²) in [6.45, 7) is 12.5. The van der Waals surface area contributed by atoms with Crippen molar-refractivity contribution in [3.63, 3.8) is 0 Å². The quantitative estimate of drug-likeness (QED) is 0.348. The second-order valence-electron chi connectivity index (χ2n) is 8.13. The van der Waals surface area contributed by atoms with Crippen LogP contribution < -0.4 is 15.5 Å². The summed E-state index contributed by atoms with van der Waals surface area (Å²) >= 11 is 0. The maximum Gasteiger partial charge on any atom is 0.213 e. The molecule has 2 N–H and O–H groups in total. The molecule has 1 saturated heterocycles.